The van der Waals surface area contributed by atoms with Crippen LogP contribution >= 0.6 is 15.6 Å². The minimum Gasteiger partial charge on any atom is -0.508 e. The van der Waals surface area contributed by atoms with Crippen molar-refractivity contribution in [1.29, 1.82) is 0 Å². The molecule has 5 aromatic rings. The minimum atomic E-state index is -4.70. The number of phenols is 2. The summed E-state index contributed by atoms with van der Waals surface area (Å²) >= 11 is 0. The van der Waals surface area contributed by atoms with E-state index in [1.165, 1.54) is 30.3 Å². The summed E-state index contributed by atoms with van der Waals surface area (Å²) in [4.78, 5) is 0. The molecular weight excluding hydrogens is 871 g/mol. The summed E-state index contributed by atoms with van der Waals surface area (Å²) in [6.07, 6.45) is 0. The highest BCUT2D eigenvalue weighted by Gasteiger charge is 2.40. The van der Waals surface area contributed by atoms with Crippen molar-refractivity contribution in [3.05, 3.63) is 130 Å². The highest BCUT2D eigenvalue weighted by molar-refractivity contribution is 7.50. The Hall–Kier alpha value is -5.04. The number of phenolic OH excluding ortho intramolecular Hbond substituents is 2. The Morgan fingerprint density at radius 2 is 0.606 bits per heavy atom. The van der Waals surface area contributed by atoms with Gasteiger partial charge in [-0.3, -0.25) is 0 Å². The molecule has 0 amide bonds. The van der Waals surface area contributed by atoms with E-state index in [1.54, 1.807) is 42.5 Å². The van der Waals surface area contributed by atoms with Crippen LogP contribution in [0.2, 0.25) is 0 Å². The van der Waals surface area contributed by atoms with E-state index in [4.69, 9.17) is 27.1 Å². The molecule has 2 unspecified atom stereocenters. The smallest absolute Gasteiger partial charge is 0.508 e. The van der Waals surface area contributed by atoms with Crippen molar-refractivity contribution in [3.8, 4) is 46.0 Å². The van der Waals surface area contributed by atoms with E-state index in [9.17, 15) is 10.2 Å². The Morgan fingerprint density at radius 1 is 0.333 bits per heavy atom. The van der Waals surface area contributed by atoms with Crippen LogP contribution in [0.5, 0.6) is 46.0 Å². The van der Waals surface area contributed by atoms with Gasteiger partial charge in [0.05, 0.1) is 0 Å². The van der Waals surface area contributed by atoms with E-state index in [2.05, 4.69) is 41.5 Å². The van der Waals surface area contributed by atoms with Gasteiger partial charge in [0.1, 0.15) is 46.0 Å². The Balaban J connectivity index is 1.65. The fourth-order valence-corrected chi connectivity index (χ4v) is 9.70. The van der Waals surface area contributed by atoms with Crippen LogP contribution in [0.15, 0.2) is 97.1 Å². The third-order valence-corrected chi connectivity index (χ3v) is 13.5. The summed E-state index contributed by atoms with van der Waals surface area (Å²) < 4.78 is 69.1. The van der Waals surface area contributed by atoms with Crippen molar-refractivity contribution in [3.63, 3.8) is 0 Å². The van der Waals surface area contributed by atoms with Crippen LogP contribution in [0, 0.1) is 0 Å². The van der Waals surface area contributed by atoms with Crippen LogP contribution in [0.4, 0.5) is 0 Å². The normalized spacial score (nSPS) is 14.7. The molecule has 0 heterocycles. The van der Waals surface area contributed by atoms with Crippen LogP contribution in [0.25, 0.3) is 0 Å². The first kappa shape index (κ1) is 51.9. The highest BCUT2D eigenvalue weighted by atomic mass is 31.2. The molecule has 2 N–H and O–H groups in total. The largest absolute Gasteiger partial charge is 0.647 e. The van der Waals surface area contributed by atoms with Crippen LogP contribution in [0.1, 0.15) is 158 Å². The van der Waals surface area contributed by atoms with Gasteiger partial charge >= 0.3 is 15.6 Å². The van der Waals surface area contributed by atoms with Crippen LogP contribution in [0.3, 0.4) is 0 Å². The first-order chi connectivity index (χ1) is 30.0. The summed E-state index contributed by atoms with van der Waals surface area (Å²) in [5.41, 5.74) is 2.45. The number of phosphoric acid groups is 2. The molecule has 66 heavy (non-hydrogen) atoms. The van der Waals surface area contributed by atoms with Gasteiger partial charge in [-0.2, -0.15) is 9.13 Å². The molecule has 0 aliphatic rings. The standard InChI is InChI=1S/C54H72O10P2/c1-49(2,3)35-22-26-45(41(30-35)51(7,8)9)61-65(57,63-47-28-24-37(55)32-43(47)53(13,14)15)59-39-20-19-21-40(34-39)60-66(58,64-48-29-25-38(56)33-44(48)54(16,17)18)62-46-27-23-36(50(4,5)6)31-42(46)52(10,11)12/h19-34,55-56H,1-18H3. The van der Waals surface area contributed by atoms with Crippen LogP contribution in [-0.4, -0.2) is 10.2 Å². The van der Waals surface area contributed by atoms with Gasteiger partial charge in [0.2, 0.25) is 0 Å². The average Bonchev–Trinajstić information content (AvgIpc) is 3.14. The molecule has 5 aromatic carbocycles. The van der Waals surface area contributed by atoms with Crippen molar-refractivity contribution < 1.29 is 46.5 Å². The molecule has 0 spiro atoms. The lowest BCUT2D eigenvalue weighted by atomic mass is 9.80. The molecule has 358 valence electrons. The van der Waals surface area contributed by atoms with Gasteiger partial charge < -0.3 is 37.4 Å². The third kappa shape index (κ3) is 13.1. The average molecular weight is 943 g/mol. The zero-order chi connectivity index (χ0) is 49.6. The fourth-order valence-electron chi connectivity index (χ4n) is 7.13. The second-order valence-electron chi connectivity index (χ2n) is 23.2. The molecule has 0 aromatic heterocycles. The summed E-state index contributed by atoms with van der Waals surface area (Å²) in [6.45, 7) is 36.6. The van der Waals surface area contributed by atoms with Gasteiger partial charge in [0.25, 0.3) is 0 Å². The molecule has 10 nitrogen and oxygen atoms in total. The molecular formula is C54H72O10P2. The van der Waals surface area contributed by atoms with Crippen molar-refractivity contribution in [2.75, 3.05) is 0 Å². The maximum absolute atomic E-state index is 15.4. The van der Waals surface area contributed by atoms with Crippen molar-refractivity contribution >= 4 is 15.6 Å². The Morgan fingerprint density at radius 3 is 0.879 bits per heavy atom. The SMILES string of the molecule is CC(C)(C)c1ccc(OP(=O)(Oc2cccc(OP(=O)(Oc3ccc(O)cc3C(C)(C)C)Oc3ccc(C(C)(C)C)cc3C(C)(C)C)c2)Oc2ccc(O)cc2C(C)(C)C)c(C(C)(C)C)c1. The van der Waals surface area contributed by atoms with Gasteiger partial charge in [0.15, 0.2) is 0 Å². The van der Waals surface area contributed by atoms with Gasteiger partial charge in [-0.15, -0.1) is 0 Å². The number of hydrogen-bond donors (Lipinski definition) is 2. The fraction of sp³-hybridized carbons (Fsp3) is 0.444. The quantitative estimate of drug-likeness (QED) is 0.117. The number of aromatic hydroxyl groups is 2. The maximum Gasteiger partial charge on any atom is 0.647 e. The Bertz CT molecular complexity index is 2460. The van der Waals surface area contributed by atoms with Crippen LogP contribution < -0.4 is 27.1 Å². The molecule has 2 atom stereocenters. The highest BCUT2D eigenvalue weighted by Crippen LogP contribution is 2.56. The van der Waals surface area contributed by atoms with Gasteiger partial charge in [0, 0.05) is 28.3 Å². The molecule has 0 saturated heterocycles. The Labute approximate surface area is 394 Å². The van der Waals surface area contributed by atoms with E-state index in [-0.39, 0.29) is 45.3 Å². The van der Waals surface area contributed by atoms with Gasteiger partial charge in [-0.05, 0) is 104 Å². The summed E-state index contributed by atoms with van der Waals surface area (Å²) in [7, 11) is -9.39. The first-order valence-corrected chi connectivity index (χ1v) is 25.3. The number of phosphoric ester groups is 2. The molecule has 0 aliphatic carbocycles. The first-order valence-electron chi connectivity index (χ1n) is 22.4. The zero-order valence-corrected chi connectivity index (χ0v) is 44.1. The van der Waals surface area contributed by atoms with Crippen molar-refractivity contribution in [2.24, 2.45) is 0 Å². The minimum absolute atomic E-state index is 0.00739. The van der Waals surface area contributed by atoms with E-state index >= 15 is 9.13 Å². The third-order valence-electron chi connectivity index (χ3n) is 10.9. The summed E-state index contributed by atoms with van der Waals surface area (Å²) in [5.74, 6) is 0.963. The van der Waals surface area contributed by atoms with Gasteiger partial charge in [-0.25, -0.2) is 0 Å². The predicted octanol–water partition coefficient (Wildman–Crippen LogP) is 16.2. The molecule has 5 rings (SSSR count). The zero-order valence-electron chi connectivity index (χ0n) is 42.3. The molecule has 0 aliphatic heterocycles. The number of rotatable bonds is 12. The van der Waals surface area contributed by atoms with E-state index in [0.717, 1.165) is 22.3 Å². The Kier molecular flexibility index (Phi) is 14.3. The van der Waals surface area contributed by atoms with Crippen molar-refractivity contribution in [1.82, 2.24) is 0 Å². The lowest BCUT2D eigenvalue weighted by Gasteiger charge is -2.29. The molecule has 0 saturated carbocycles. The summed E-state index contributed by atoms with van der Waals surface area (Å²) in [6, 6.07) is 26.7. The summed E-state index contributed by atoms with van der Waals surface area (Å²) in [5, 5.41) is 21.0. The number of benzene rings is 5. The second-order valence-corrected chi connectivity index (χ2v) is 26.1. The number of hydrogen-bond acceptors (Lipinski definition) is 10. The molecule has 12 heteroatoms. The lowest BCUT2D eigenvalue weighted by Crippen LogP contribution is -2.19. The van der Waals surface area contributed by atoms with Crippen molar-refractivity contribution in [2.45, 2.75) is 157 Å². The second kappa shape index (κ2) is 18.2. The molecule has 0 bridgehead atoms. The maximum atomic E-state index is 15.4. The van der Waals surface area contributed by atoms with E-state index in [1.807, 2.05) is 107 Å². The van der Waals surface area contributed by atoms with Gasteiger partial charge in [-0.1, -0.05) is 155 Å². The monoisotopic (exact) mass is 942 g/mol. The van der Waals surface area contributed by atoms with Crippen LogP contribution in [-0.2, 0) is 41.6 Å². The molecule has 0 radical (unpaired) electrons. The molecule has 0 fully saturated rings. The topological polar surface area (TPSA) is 130 Å². The van der Waals surface area contributed by atoms with E-state index < -0.39 is 37.3 Å². The van der Waals surface area contributed by atoms with E-state index in [0.29, 0.717) is 22.6 Å². The predicted molar refractivity (Wildman–Crippen MR) is 267 cm³/mol. The lowest BCUT2D eigenvalue weighted by molar-refractivity contribution is 0.289.